The van der Waals surface area contributed by atoms with Crippen molar-refractivity contribution in [3.8, 4) is 0 Å². The van der Waals surface area contributed by atoms with E-state index in [1.165, 1.54) is 18.3 Å². The number of piperidine rings is 1. The maximum absolute atomic E-state index is 13.3. The summed E-state index contributed by atoms with van der Waals surface area (Å²) in [5.41, 5.74) is 1.00. The van der Waals surface area contributed by atoms with Crippen molar-refractivity contribution in [2.45, 2.75) is 25.7 Å². The molecule has 9 nitrogen and oxygen atoms in total. The second-order valence-corrected chi connectivity index (χ2v) is 8.51. The molecule has 2 amide bonds. The summed E-state index contributed by atoms with van der Waals surface area (Å²) in [5, 5.41) is 14.6. The van der Waals surface area contributed by atoms with Gasteiger partial charge in [0.15, 0.2) is 0 Å². The van der Waals surface area contributed by atoms with Gasteiger partial charge in [0.1, 0.15) is 5.82 Å². The van der Waals surface area contributed by atoms with E-state index in [9.17, 15) is 19.7 Å². The van der Waals surface area contributed by atoms with Gasteiger partial charge in [-0.1, -0.05) is 11.6 Å². The number of nitrogens with one attached hydrogen (secondary N) is 1. The molecule has 10 heteroatoms. The predicted molar refractivity (Wildman–Crippen MR) is 121 cm³/mol. The van der Waals surface area contributed by atoms with Gasteiger partial charge in [-0.05, 0) is 43.9 Å². The van der Waals surface area contributed by atoms with E-state index in [4.69, 9.17) is 11.6 Å². The highest BCUT2D eigenvalue weighted by Crippen LogP contribution is 2.30. The highest BCUT2D eigenvalue weighted by molar-refractivity contribution is 6.30. The summed E-state index contributed by atoms with van der Waals surface area (Å²) in [6.07, 6.45) is 4.56. The van der Waals surface area contributed by atoms with Gasteiger partial charge in [0.2, 0.25) is 5.91 Å². The number of hydrogen-bond donors (Lipinski definition) is 1. The van der Waals surface area contributed by atoms with Crippen LogP contribution in [0.1, 0.15) is 36.0 Å². The Kier molecular flexibility index (Phi) is 6.55. The van der Waals surface area contributed by atoms with Crippen LogP contribution in [0.15, 0.2) is 36.5 Å². The van der Waals surface area contributed by atoms with Gasteiger partial charge in [-0.15, -0.1) is 0 Å². The van der Waals surface area contributed by atoms with Crippen LogP contribution in [-0.2, 0) is 4.79 Å². The van der Waals surface area contributed by atoms with E-state index in [1.54, 1.807) is 23.1 Å². The summed E-state index contributed by atoms with van der Waals surface area (Å²) < 4.78 is 0. The number of non-ortho nitro benzene ring substituents is 1. The minimum absolute atomic E-state index is 0.0963. The number of benzene rings is 1. The number of halogens is 1. The first-order valence-corrected chi connectivity index (χ1v) is 11.1. The molecule has 2 aromatic rings. The van der Waals surface area contributed by atoms with E-state index >= 15 is 0 Å². The van der Waals surface area contributed by atoms with Gasteiger partial charge in [0.05, 0.1) is 21.2 Å². The van der Waals surface area contributed by atoms with Gasteiger partial charge in [-0.2, -0.15) is 0 Å². The summed E-state index contributed by atoms with van der Waals surface area (Å²) in [5.74, 6) is -0.168. The average Bonchev–Trinajstić information content (AvgIpc) is 3.34. The van der Waals surface area contributed by atoms with Crippen LogP contribution in [0, 0.1) is 16.0 Å². The van der Waals surface area contributed by atoms with Gasteiger partial charge in [0.25, 0.3) is 11.6 Å². The number of amides is 2. The zero-order valence-electron chi connectivity index (χ0n) is 17.5. The van der Waals surface area contributed by atoms with E-state index < -0.39 is 4.92 Å². The largest absolute Gasteiger partial charge is 0.371 e. The Morgan fingerprint density at radius 2 is 1.81 bits per heavy atom. The van der Waals surface area contributed by atoms with E-state index in [0.29, 0.717) is 42.3 Å². The molecule has 2 saturated heterocycles. The van der Waals surface area contributed by atoms with Gasteiger partial charge < -0.3 is 15.1 Å². The van der Waals surface area contributed by atoms with E-state index in [-0.39, 0.29) is 23.4 Å². The molecule has 3 heterocycles. The Hall–Kier alpha value is -3.20. The molecule has 168 valence electrons. The zero-order chi connectivity index (χ0) is 22.7. The lowest BCUT2D eigenvalue weighted by atomic mass is 9.95. The first-order valence-electron chi connectivity index (χ1n) is 10.7. The third-order valence-electron chi connectivity index (χ3n) is 6.00. The van der Waals surface area contributed by atoms with Crippen LogP contribution in [0.3, 0.4) is 0 Å². The van der Waals surface area contributed by atoms with Gasteiger partial charge in [-0.3, -0.25) is 19.7 Å². The van der Waals surface area contributed by atoms with E-state index in [0.717, 1.165) is 31.6 Å². The third-order valence-corrected chi connectivity index (χ3v) is 6.22. The number of rotatable bonds is 5. The summed E-state index contributed by atoms with van der Waals surface area (Å²) in [7, 11) is 0. The number of carbonyl (C=O) groups excluding carboxylic acids is 2. The molecule has 1 aromatic heterocycles. The number of nitrogens with zero attached hydrogens (tertiary/aromatic N) is 4. The quantitative estimate of drug-likeness (QED) is 0.541. The normalized spacial score (nSPS) is 16.8. The topological polar surface area (TPSA) is 109 Å². The Labute approximate surface area is 190 Å². The molecular weight excluding hydrogens is 434 g/mol. The van der Waals surface area contributed by atoms with Crippen molar-refractivity contribution in [2.75, 3.05) is 36.4 Å². The molecule has 0 radical (unpaired) electrons. The number of hydrogen-bond acceptors (Lipinski definition) is 6. The highest BCUT2D eigenvalue weighted by atomic mass is 35.5. The molecule has 0 bridgehead atoms. The van der Waals surface area contributed by atoms with Crippen molar-refractivity contribution < 1.29 is 14.5 Å². The third kappa shape index (κ3) is 4.83. The lowest BCUT2D eigenvalue weighted by molar-refractivity contribution is -0.384. The summed E-state index contributed by atoms with van der Waals surface area (Å²) in [6.45, 7) is 2.48. The van der Waals surface area contributed by atoms with Crippen molar-refractivity contribution in [3.05, 3.63) is 57.2 Å². The molecule has 0 saturated carbocycles. The lowest BCUT2D eigenvalue weighted by Crippen LogP contribution is -2.42. The highest BCUT2D eigenvalue weighted by Gasteiger charge is 2.31. The lowest BCUT2D eigenvalue weighted by Gasteiger charge is -2.32. The number of likely N-dealkylation sites (tertiary alicyclic amines) is 1. The van der Waals surface area contributed by atoms with E-state index in [2.05, 4.69) is 15.2 Å². The second-order valence-electron chi connectivity index (χ2n) is 8.07. The molecular formula is C22H24ClN5O4. The second kappa shape index (κ2) is 9.52. The first-order chi connectivity index (χ1) is 15.4. The average molecular weight is 458 g/mol. The summed E-state index contributed by atoms with van der Waals surface area (Å²) >= 11 is 5.82. The van der Waals surface area contributed by atoms with Gasteiger partial charge >= 0.3 is 0 Å². The standard InChI is InChI=1S/C22H24ClN5O4/c23-16-3-6-20(24-14-16)25-21(29)15-7-11-27(12-8-15)22(30)18-13-17(28(31)32)4-5-19(18)26-9-1-2-10-26/h3-6,13-15H,1-2,7-12H2,(H,24,25,29). The zero-order valence-corrected chi connectivity index (χ0v) is 18.3. The van der Waals surface area contributed by atoms with E-state index in [1.807, 2.05) is 0 Å². The number of aromatic nitrogens is 1. The summed E-state index contributed by atoms with van der Waals surface area (Å²) in [6, 6.07) is 7.80. The van der Waals surface area contributed by atoms with Crippen molar-refractivity contribution in [2.24, 2.45) is 5.92 Å². The van der Waals surface area contributed by atoms with Crippen molar-refractivity contribution >= 4 is 40.6 Å². The minimum Gasteiger partial charge on any atom is -0.371 e. The Bertz CT molecular complexity index is 1020. The summed E-state index contributed by atoms with van der Waals surface area (Å²) in [4.78, 5) is 44.6. The van der Waals surface area contributed by atoms with Crippen LogP contribution in [-0.4, -0.2) is 52.8 Å². The van der Waals surface area contributed by atoms with Crippen LogP contribution in [0.25, 0.3) is 0 Å². The number of anilines is 2. The fraction of sp³-hybridized carbons (Fsp3) is 0.409. The fourth-order valence-electron chi connectivity index (χ4n) is 4.24. The van der Waals surface area contributed by atoms with Crippen molar-refractivity contribution in [1.29, 1.82) is 0 Å². The molecule has 2 aliphatic heterocycles. The number of nitro benzene ring substituents is 1. The van der Waals surface area contributed by atoms with Crippen LogP contribution >= 0.6 is 11.6 Å². The molecule has 1 aromatic carbocycles. The molecule has 2 fully saturated rings. The van der Waals surface area contributed by atoms with Gasteiger partial charge in [-0.25, -0.2) is 4.98 Å². The SMILES string of the molecule is O=C(Nc1ccc(Cl)cn1)C1CCN(C(=O)c2cc([N+](=O)[O-])ccc2N2CCCC2)CC1. The maximum atomic E-state index is 13.3. The Morgan fingerprint density at radius 3 is 2.44 bits per heavy atom. The van der Waals surface area contributed by atoms with Crippen molar-refractivity contribution in [1.82, 2.24) is 9.88 Å². The Morgan fingerprint density at radius 1 is 1.09 bits per heavy atom. The van der Waals surface area contributed by atoms with Crippen LogP contribution < -0.4 is 10.2 Å². The number of pyridine rings is 1. The molecule has 0 spiro atoms. The first kappa shape index (κ1) is 22.0. The molecule has 2 aliphatic rings. The minimum atomic E-state index is -0.480. The Balaban J connectivity index is 1.43. The van der Waals surface area contributed by atoms with Crippen LogP contribution in [0.4, 0.5) is 17.2 Å². The van der Waals surface area contributed by atoms with Crippen molar-refractivity contribution in [3.63, 3.8) is 0 Å². The number of nitro groups is 1. The maximum Gasteiger partial charge on any atom is 0.270 e. The molecule has 1 N–H and O–H groups in total. The molecule has 0 unspecified atom stereocenters. The molecule has 0 atom stereocenters. The molecule has 0 aliphatic carbocycles. The number of carbonyl (C=O) groups is 2. The van der Waals surface area contributed by atoms with Crippen LogP contribution in [0.2, 0.25) is 5.02 Å². The fourth-order valence-corrected chi connectivity index (χ4v) is 4.35. The monoisotopic (exact) mass is 457 g/mol. The smallest absolute Gasteiger partial charge is 0.270 e. The molecule has 4 rings (SSSR count). The molecule has 32 heavy (non-hydrogen) atoms. The van der Waals surface area contributed by atoms with Gasteiger partial charge in [0, 0.05) is 50.4 Å². The predicted octanol–water partition coefficient (Wildman–Crippen LogP) is 3.73. The van der Waals surface area contributed by atoms with Crippen LogP contribution in [0.5, 0.6) is 0 Å².